The molecule has 0 bridgehead atoms. The molecule has 0 radical (unpaired) electrons. The monoisotopic (exact) mass is 255 g/mol. The van der Waals surface area contributed by atoms with Crippen LogP contribution in [0.4, 0.5) is 5.69 Å². The summed E-state index contributed by atoms with van der Waals surface area (Å²) in [7, 11) is 0. The first-order valence-corrected chi connectivity index (χ1v) is 6.64. The fourth-order valence-corrected chi connectivity index (χ4v) is 2.34. The van der Waals surface area contributed by atoms with Gasteiger partial charge in [-0.25, -0.2) is 9.97 Å². The molecule has 19 heavy (non-hydrogen) atoms. The van der Waals surface area contributed by atoms with Crippen molar-refractivity contribution in [1.29, 1.82) is 0 Å². The van der Waals surface area contributed by atoms with Crippen molar-refractivity contribution in [3.05, 3.63) is 47.5 Å². The third-order valence-corrected chi connectivity index (χ3v) is 3.37. The number of hydrogen-bond donors (Lipinski definition) is 1. The van der Waals surface area contributed by atoms with Crippen LogP contribution in [0.15, 0.2) is 30.5 Å². The highest BCUT2D eigenvalue weighted by atomic mass is 16.5. The molecule has 0 spiro atoms. The molecule has 1 aromatic heterocycles. The molecule has 0 atom stereocenters. The minimum Gasteiger partial charge on any atom is -0.491 e. The first-order chi connectivity index (χ1) is 9.33. The summed E-state index contributed by atoms with van der Waals surface area (Å²) in [5.41, 5.74) is 9.00. The number of rotatable bonds is 4. The Morgan fingerprint density at radius 3 is 3.00 bits per heavy atom. The maximum absolute atomic E-state index is 5.82. The average Bonchev–Trinajstić information content (AvgIpc) is 2.88. The summed E-state index contributed by atoms with van der Waals surface area (Å²) >= 11 is 0. The molecular weight excluding hydrogens is 238 g/mol. The maximum atomic E-state index is 5.82. The number of nitrogens with two attached hydrogens (primary N) is 1. The van der Waals surface area contributed by atoms with Crippen molar-refractivity contribution in [1.82, 2.24) is 9.97 Å². The first-order valence-electron chi connectivity index (χ1n) is 6.64. The summed E-state index contributed by atoms with van der Waals surface area (Å²) in [6.07, 6.45) is 6.07. The van der Waals surface area contributed by atoms with E-state index in [4.69, 9.17) is 10.5 Å². The third-order valence-electron chi connectivity index (χ3n) is 3.37. The summed E-state index contributed by atoms with van der Waals surface area (Å²) < 4.78 is 5.66. The molecule has 0 fully saturated rings. The second-order valence-electron chi connectivity index (χ2n) is 4.75. The number of nitrogen functional groups attached to an aromatic ring is 1. The van der Waals surface area contributed by atoms with E-state index >= 15 is 0 Å². The van der Waals surface area contributed by atoms with E-state index in [1.807, 2.05) is 30.5 Å². The Labute approximate surface area is 112 Å². The summed E-state index contributed by atoms with van der Waals surface area (Å²) in [4.78, 5) is 8.97. The smallest absolute Gasteiger partial charge is 0.142 e. The van der Waals surface area contributed by atoms with Gasteiger partial charge in [-0.3, -0.25) is 0 Å². The van der Waals surface area contributed by atoms with Crippen LogP contribution in [0, 0.1) is 0 Å². The molecule has 1 aliphatic carbocycles. The molecular formula is C15H17N3O. The molecule has 4 nitrogen and oxygen atoms in total. The lowest BCUT2D eigenvalue weighted by atomic mass is 10.2. The van der Waals surface area contributed by atoms with Crippen molar-refractivity contribution < 1.29 is 4.74 Å². The fourth-order valence-electron chi connectivity index (χ4n) is 2.34. The molecule has 0 aliphatic heterocycles. The van der Waals surface area contributed by atoms with Gasteiger partial charge >= 0.3 is 0 Å². The Kier molecular flexibility index (Phi) is 3.31. The molecule has 0 amide bonds. The number of para-hydroxylation sites is 2. The van der Waals surface area contributed by atoms with E-state index in [0.29, 0.717) is 18.7 Å². The van der Waals surface area contributed by atoms with Crippen molar-refractivity contribution in [3.63, 3.8) is 0 Å². The van der Waals surface area contributed by atoms with E-state index in [1.54, 1.807) is 0 Å². The van der Waals surface area contributed by atoms with Crippen LogP contribution >= 0.6 is 0 Å². The van der Waals surface area contributed by atoms with E-state index < -0.39 is 0 Å². The van der Waals surface area contributed by atoms with Crippen LogP contribution in [0.5, 0.6) is 5.75 Å². The Morgan fingerprint density at radius 1 is 1.21 bits per heavy atom. The number of aromatic nitrogens is 2. The van der Waals surface area contributed by atoms with Crippen molar-refractivity contribution in [2.24, 2.45) is 0 Å². The van der Waals surface area contributed by atoms with Gasteiger partial charge in [0.05, 0.1) is 12.3 Å². The summed E-state index contributed by atoms with van der Waals surface area (Å²) in [5.74, 6) is 1.58. The third kappa shape index (κ3) is 2.67. The lowest BCUT2D eigenvalue weighted by Gasteiger charge is -2.08. The Hall–Kier alpha value is -2.10. The van der Waals surface area contributed by atoms with Gasteiger partial charge in [-0.05, 0) is 37.0 Å². The van der Waals surface area contributed by atoms with Gasteiger partial charge in [-0.2, -0.15) is 0 Å². The van der Waals surface area contributed by atoms with Crippen LogP contribution in [-0.2, 0) is 19.3 Å². The van der Waals surface area contributed by atoms with Crippen molar-refractivity contribution >= 4 is 5.69 Å². The predicted molar refractivity (Wildman–Crippen MR) is 74.1 cm³/mol. The normalized spacial score (nSPS) is 13.3. The van der Waals surface area contributed by atoms with Gasteiger partial charge in [0.1, 0.15) is 11.6 Å². The molecule has 0 saturated heterocycles. The van der Waals surface area contributed by atoms with E-state index in [9.17, 15) is 0 Å². The minimum absolute atomic E-state index is 0.549. The highest BCUT2D eigenvalue weighted by Crippen LogP contribution is 2.20. The number of benzene rings is 1. The van der Waals surface area contributed by atoms with Crippen molar-refractivity contribution in [2.45, 2.75) is 25.7 Å². The number of ether oxygens (including phenoxy) is 1. The van der Waals surface area contributed by atoms with Crippen LogP contribution in [0.2, 0.25) is 0 Å². The van der Waals surface area contributed by atoms with Crippen LogP contribution in [-0.4, -0.2) is 16.6 Å². The van der Waals surface area contributed by atoms with Crippen LogP contribution in [0.25, 0.3) is 0 Å². The van der Waals surface area contributed by atoms with E-state index in [2.05, 4.69) is 9.97 Å². The molecule has 3 rings (SSSR count). The highest BCUT2D eigenvalue weighted by Gasteiger charge is 2.13. The van der Waals surface area contributed by atoms with Gasteiger partial charge in [0, 0.05) is 18.3 Å². The van der Waals surface area contributed by atoms with E-state index in [1.165, 1.54) is 17.7 Å². The van der Waals surface area contributed by atoms with Crippen molar-refractivity contribution in [2.75, 3.05) is 12.3 Å². The average molecular weight is 255 g/mol. The van der Waals surface area contributed by atoms with E-state index in [-0.39, 0.29) is 0 Å². The molecule has 2 aromatic rings. The first kappa shape index (κ1) is 12.0. The molecule has 1 aromatic carbocycles. The SMILES string of the molecule is Nc1ccccc1OCCc1ncc2c(n1)CCC2. The van der Waals surface area contributed by atoms with Gasteiger partial charge < -0.3 is 10.5 Å². The number of fused-ring (bicyclic) bond motifs is 1. The Balaban J connectivity index is 1.59. The maximum Gasteiger partial charge on any atom is 0.142 e. The summed E-state index contributed by atoms with van der Waals surface area (Å²) in [6.45, 7) is 0.549. The minimum atomic E-state index is 0.549. The molecule has 2 N–H and O–H groups in total. The highest BCUT2D eigenvalue weighted by molar-refractivity contribution is 5.51. The lowest BCUT2D eigenvalue weighted by Crippen LogP contribution is -2.07. The summed E-state index contributed by atoms with van der Waals surface area (Å²) in [6, 6.07) is 7.52. The largest absolute Gasteiger partial charge is 0.491 e. The zero-order chi connectivity index (χ0) is 13.1. The number of anilines is 1. The van der Waals surface area contributed by atoms with Gasteiger partial charge in [0.25, 0.3) is 0 Å². The quantitative estimate of drug-likeness (QED) is 0.850. The van der Waals surface area contributed by atoms with Crippen LogP contribution in [0.1, 0.15) is 23.5 Å². The second-order valence-corrected chi connectivity index (χ2v) is 4.75. The molecule has 0 unspecified atom stereocenters. The second kappa shape index (κ2) is 5.26. The molecule has 98 valence electrons. The molecule has 1 heterocycles. The standard InChI is InChI=1S/C15H17N3O/c16-12-5-1-2-7-14(12)19-9-8-15-17-10-11-4-3-6-13(11)18-15/h1-2,5,7,10H,3-4,6,8-9,16H2. The molecule has 4 heteroatoms. The number of nitrogens with zero attached hydrogens (tertiary/aromatic N) is 2. The summed E-state index contributed by atoms with van der Waals surface area (Å²) in [5, 5.41) is 0. The van der Waals surface area contributed by atoms with Crippen LogP contribution < -0.4 is 10.5 Å². The zero-order valence-electron chi connectivity index (χ0n) is 10.8. The Morgan fingerprint density at radius 2 is 2.11 bits per heavy atom. The molecule has 0 saturated carbocycles. The predicted octanol–water partition coefficient (Wildman–Crippen LogP) is 2.17. The topological polar surface area (TPSA) is 61.0 Å². The number of aryl methyl sites for hydroxylation is 2. The van der Waals surface area contributed by atoms with Gasteiger partial charge in [0.15, 0.2) is 0 Å². The Bertz CT molecular complexity index is 583. The fraction of sp³-hybridized carbons (Fsp3) is 0.333. The van der Waals surface area contributed by atoms with E-state index in [0.717, 1.165) is 24.4 Å². The van der Waals surface area contributed by atoms with Gasteiger partial charge in [0.2, 0.25) is 0 Å². The zero-order valence-corrected chi connectivity index (χ0v) is 10.8. The molecule has 1 aliphatic rings. The lowest BCUT2D eigenvalue weighted by molar-refractivity contribution is 0.320. The van der Waals surface area contributed by atoms with Gasteiger partial charge in [-0.15, -0.1) is 0 Å². The van der Waals surface area contributed by atoms with Crippen molar-refractivity contribution in [3.8, 4) is 5.75 Å². The van der Waals surface area contributed by atoms with Crippen LogP contribution in [0.3, 0.4) is 0 Å². The van der Waals surface area contributed by atoms with Gasteiger partial charge in [-0.1, -0.05) is 12.1 Å². The number of hydrogen-bond acceptors (Lipinski definition) is 4.